The van der Waals surface area contributed by atoms with Crippen molar-refractivity contribution in [3.63, 3.8) is 0 Å². The normalized spacial score (nSPS) is 15.3. The van der Waals surface area contributed by atoms with Gasteiger partial charge in [0.1, 0.15) is 11.3 Å². The zero-order valence-electron chi connectivity index (χ0n) is 15.7. The standard InChI is InChI=1S/C19H26N4O3.HI/c1-20-18(22-15-8-11-23(12-9-15)19(24)25-2)21-10-7-16-13-14-5-3-4-6-17(14)26-16;/h3-6,13,15H,7-12H2,1-2H3,(H2,20,21,22);1H. The molecule has 1 saturated heterocycles. The largest absolute Gasteiger partial charge is 0.461 e. The van der Waals surface area contributed by atoms with E-state index in [1.807, 2.05) is 18.2 Å². The summed E-state index contributed by atoms with van der Waals surface area (Å²) in [7, 11) is 3.18. The second-order valence-corrected chi connectivity index (χ2v) is 6.38. The molecule has 2 aromatic rings. The molecule has 148 valence electrons. The summed E-state index contributed by atoms with van der Waals surface area (Å²) in [5.74, 6) is 1.73. The smallest absolute Gasteiger partial charge is 0.409 e. The number of ether oxygens (including phenoxy) is 1. The van der Waals surface area contributed by atoms with Crippen LogP contribution in [0.2, 0.25) is 0 Å². The number of para-hydroxylation sites is 1. The zero-order chi connectivity index (χ0) is 18.4. The van der Waals surface area contributed by atoms with Crippen molar-refractivity contribution in [2.45, 2.75) is 25.3 Å². The van der Waals surface area contributed by atoms with Crippen LogP contribution in [0.4, 0.5) is 4.79 Å². The van der Waals surface area contributed by atoms with E-state index in [0.717, 1.165) is 48.5 Å². The fraction of sp³-hybridized carbons (Fsp3) is 0.474. The highest BCUT2D eigenvalue weighted by Crippen LogP contribution is 2.18. The van der Waals surface area contributed by atoms with E-state index < -0.39 is 0 Å². The van der Waals surface area contributed by atoms with Gasteiger partial charge in [0, 0.05) is 44.5 Å². The fourth-order valence-corrected chi connectivity index (χ4v) is 3.19. The number of furan rings is 1. The molecule has 2 N–H and O–H groups in total. The Labute approximate surface area is 176 Å². The first kappa shape index (κ1) is 21.3. The van der Waals surface area contributed by atoms with E-state index in [1.54, 1.807) is 11.9 Å². The molecule has 7 nitrogen and oxygen atoms in total. The summed E-state index contributed by atoms with van der Waals surface area (Å²) < 4.78 is 10.6. The van der Waals surface area contributed by atoms with Crippen LogP contribution >= 0.6 is 24.0 Å². The second kappa shape index (κ2) is 10.4. The first-order chi connectivity index (χ1) is 12.7. The summed E-state index contributed by atoms with van der Waals surface area (Å²) in [5.41, 5.74) is 0.919. The van der Waals surface area contributed by atoms with Crippen molar-refractivity contribution in [2.24, 2.45) is 4.99 Å². The number of nitrogens with one attached hydrogen (secondary N) is 2. The first-order valence-electron chi connectivity index (χ1n) is 8.97. The number of rotatable bonds is 4. The van der Waals surface area contributed by atoms with Crippen LogP contribution in [0.15, 0.2) is 39.7 Å². The molecule has 0 spiro atoms. The molecule has 1 amide bonds. The predicted octanol–water partition coefficient (Wildman–Crippen LogP) is 2.99. The Morgan fingerprint density at radius 2 is 2.07 bits per heavy atom. The summed E-state index contributed by atoms with van der Waals surface area (Å²) in [6.07, 6.45) is 2.28. The number of likely N-dealkylation sites (tertiary alicyclic amines) is 1. The second-order valence-electron chi connectivity index (χ2n) is 6.38. The third-order valence-electron chi connectivity index (χ3n) is 4.63. The van der Waals surface area contributed by atoms with E-state index in [0.29, 0.717) is 19.1 Å². The number of benzene rings is 1. The number of fused-ring (bicyclic) bond motifs is 1. The molecule has 0 atom stereocenters. The molecule has 0 bridgehead atoms. The van der Waals surface area contributed by atoms with Crippen molar-refractivity contribution >= 4 is 47.0 Å². The number of hydrogen-bond acceptors (Lipinski definition) is 4. The molecule has 1 aliphatic rings. The zero-order valence-corrected chi connectivity index (χ0v) is 18.1. The van der Waals surface area contributed by atoms with Gasteiger partial charge in [-0.2, -0.15) is 0 Å². The van der Waals surface area contributed by atoms with E-state index in [4.69, 9.17) is 9.15 Å². The number of aliphatic imine (C=N–C) groups is 1. The molecule has 0 unspecified atom stereocenters. The molecule has 8 heteroatoms. The highest BCUT2D eigenvalue weighted by molar-refractivity contribution is 14.0. The van der Waals surface area contributed by atoms with Crippen LogP contribution in [0.1, 0.15) is 18.6 Å². The maximum Gasteiger partial charge on any atom is 0.409 e. The highest BCUT2D eigenvalue weighted by atomic mass is 127. The van der Waals surface area contributed by atoms with Crippen molar-refractivity contribution in [2.75, 3.05) is 33.8 Å². The molecule has 1 aromatic heterocycles. The Morgan fingerprint density at radius 1 is 1.33 bits per heavy atom. The Hall–Kier alpha value is -1.97. The van der Waals surface area contributed by atoms with Crippen LogP contribution in [-0.2, 0) is 11.2 Å². The molecule has 3 rings (SSSR count). The molecule has 1 fully saturated rings. The van der Waals surface area contributed by atoms with Crippen molar-refractivity contribution in [1.82, 2.24) is 15.5 Å². The van der Waals surface area contributed by atoms with Gasteiger partial charge in [-0.3, -0.25) is 4.99 Å². The number of piperidine rings is 1. The number of carbonyl (C=O) groups is 1. The summed E-state index contributed by atoms with van der Waals surface area (Å²) >= 11 is 0. The van der Waals surface area contributed by atoms with Gasteiger partial charge in [0.25, 0.3) is 0 Å². The van der Waals surface area contributed by atoms with Gasteiger partial charge in [0.05, 0.1) is 7.11 Å². The lowest BCUT2D eigenvalue weighted by molar-refractivity contribution is 0.111. The number of hydrogen-bond donors (Lipinski definition) is 2. The number of methoxy groups -OCH3 is 1. The average Bonchev–Trinajstić information content (AvgIpc) is 3.10. The van der Waals surface area contributed by atoms with E-state index in [-0.39, 0.29) is 30.1 Å². The number of amides is 1. The van der Waals surface area contributed by atoms with Gasteiger partial charge in [0.15, 0.2) is 5.96 Å². The highest BCUT2D eigenvalue weighted by Gasteiger charge is 2.23. The van der Waals surface area contributed by atoms with Crippen LogP contribution in [0.5, 0.6) is 0 Å². The van der Waals surface area contributed by atoms with Gasteiger partial charge >= 0.3 is 6.09 Å². The van der Waals surface area contributed by atoms with Crippen molar-refractivity contribution in [3.8, 4) is 0 Å². The molecule has 0 saturated carbocycles. The number of carbonyl (C=O) groups excluding carboxylic acids is 1. The van der Waals surface area contributed by atoms with E-state index in [1.165, 1.54) is 7.11 Å². The van der Waals surface area contributed by atoms with Gasteiger partial charge in [-0.15, -0.1) is 24.0 Å². The van der Waals surface area contributed by atoms with Crippen LogP contribution in [0.25, 0.3) is 11.0 Å². The van der Waals surface area contributed by atoms with E-state index >= 15 is 0 Å². The molecule has 1 aliphatic heterocycles. The quantitative estimate of drug-likeness (QED) is 0.395. The van der Waals surface area contributed by atoms with Gasteiger partial charge < -0.3 is 24.7 Å². The first-order valence-corrected chi connectivity index (χ1v) is 8.97. The maximum atomic E-state index is 11.5. The summed E-state index contributed by atoms with van der Waals surface area (Å²) in [6, 6.07) is 10.4. The molecular formula is C19H27IN4O3. The lowest BCUT2D eigenvalue weighted by Crippen LogP contribution is -2.50. The van der Waals surface area contributed by atoms with Crippen LogP contribution in [0.3, 0.4) is 0 Å². The van der Waals surface area contributed by atoms with Crippen molar-refractivity contribution in [3.05, 3.63) is 36.1 Å². The summed E-state index contributed by atoms with van der Waals surface area (Å²) in [4.78, 5) is 17.5. The number of nitrogens with zero attached hydrogens (tertiary/aromatic N) is 2. The van der Waals surface area contributed by atoms with Gasteiger partial charge in [0.2, 0.25) is 0 Å². The molecule has 1 aromatic carbocycles. The molecule has 0 radical (unpaired) electrons. The lowest BCUT2D eigenvalue weighted by Gasteiger charge is -2.32. The molecule has 2 heterocycles. The maximum absolute atomic E-state index is 11.5. The van der Waals surface area contributed by atoms with E-state index in [2.05, 4.69) is 27.8 Å². The number of halogens is 1. The van der Waals surface area contributed by atoms with Gasteiger partial charge in [-0.1, -0.05) is 18.2 Å². The third kappa shape index (κ3) is 5.75. The van der Waals surface area contributed by atoms with Crippen LogP contribution in [-0.4, -0.2) is 56.8 Å². The van der Waals surface area contributed by atoms with Gasteiger partial charge in [-0.05, 0) is 25.0 Å². The number of guanidine groups is 1. The third-order valence-corrected chi connectivity index (χ3v) is 4.63. The summed E-state index contributed by atoms with van der Waals surface area (Å²) in [5, 5.41) is 7.88. The van der Waals surface area contributed by atoms with Gasteiger partial charge in [-0.25, -0.2) is 4.79 Å². The summed E-state index contributed by atoms with van der Waals surface area (Å²) in [6.45, 7) is 2.13. The van der Waals surface area contributed by atoms with Crippen LogP contribution in [0, 0.1) is 0 Å². The predicted molar refractivity (Wildman–Crippen MR) is 117 cm³/mol. The van der Waals surface area contributed by atoms with Crippen molar-refractivity contribution in [1.29, 1.82) is 0 Å². The van der Waals surface area contributed by atoms with E-state index in [9.17, 15) is 4.79 Å². The minimum Gasteiger partial charge on any atom is -0.461 e. The Kier molecular flexibility index (Phi) is 8.21. The molecule has 0 aliphatic carbocycles. The Bertz CT molecular complexity index is 736. The Morgan fingerprint density at radius 3 is 2.74 bits per heavy atom. The molecule has 27 heavy (non-hydrogen) atoms. The minimum absolute atomic E-state index is 0. The fourth-order valence-electron chi connectivity index (χ4n) is 3.19. The topological polar surface area (TPSA) is 79.1 Å². The van der Waals surface area contributed by atoms with Crippen molar-refractivity contribution < 1.29 is 13.9 Å². The lowest BCUT2D eigenvalue weighted by atomic mass is 10.1. The minimum atomic E-state index is -0.253. The monoisotopic (exact) mass is 486 g/mol. The van der Waals surface area contributed by atoms with Crippen LogP contribution < -0.4 is 10.6 Å². The Balaban J connectivity index is 0.00000261. The molecular weight excluding hydrogens is 459 g/mol. The average molecular weight is 486 g/mol. The SMILES string of the molecule is CN=C(NCCc1cc2ccccc2o1)NC1CCN(C(=O)OC)CC1.I.